The predicted octanol–water partition coefficient (Wildman–Crippen LogP) is 4.35. The summed E-state index contributed by atoms with van der Waals surface area (Å²) in [5, 5.41) is 3.64. The van der Waals surface area contributed by atoms with E-state index in [1.54, 1.807) is 0 Å². The van der Waals surface area contributed by atoms with Gasteiger partial charge in [-0.25, -0.2) is 0 Å². The summed E-state index contributed by atoms with van der Waals surface area (Å²) >= 11 is 1.83. The van der Waals surface area contributed by atoms with Gasteiger partial charge in [-0.15, -0.1) is 11.3 Å². The molecule has 2 aromatic heterocycles. The molecular formula is C19H25N3S. The molecule has 0 bridgehead atoms. The SMILES string of the molecule is Cc1cc(NCC2=CC=CC(C)C2)c2sc(CCN)c(C)c2n1. The standard InChI is InChI=1S/C19H25N3S/c1-12-5-4-6-15(9-12)11-21-16-10-13(2)22-18-14(3)17(7-8-20)23-19(16)18/h4-6,10,12H,7-9,11,20H2,1-3H3,(H,21,22). The van der Waals surface area contributed by atoms with E-state index in [2.05, 4.69) is 50.4 Å². The van der Waals surface area contributed by atoms with Crippen molar-refractivity contribution in [1.29, 1.82) is 0 Å². The molecule has 122 valence electrons. The third-order valence-electron chi connectivity index (χ3n) is 4.33. The lowest BCUT2D eigenvalue weighted by molar-refractivity contribution is 0.701. The number of hydrogen-bond acceptors (Lipinski definition) is 4. The summed E-state index contributed by atoms with van der Waals surface area (Å²) in [5.74, 6) is 0.635. The molecule has 0 saturated heterocycles. The first kappa shape index (κ1) is 16.2. The Morgan fingerprint density at radius 2 is 2.22 bits per heavy atom. The number of aromatic nitrogens is 1. The molecule has 4 heteroatoms. The van der Waals surface area contributed by atoms with Crippen LogP contribution in [0.5, 0.6) is 0 Å². The normalized spacial score (nSPS) is 17.6. The highest BCUT2D eigenvalue weighted by atomic mass is 32.1. The second kappa shape index (κ2) is 6.85. The molecule has 2 aromatic rings. The number of allylic oxidation sites excluding steroid dienone is 3. The monoisotopic (exact) mass is 327 g/mol. The first-order chi connectivity index (χ1) is 11.1. The maximum atomic E-state index is 5.75. The molecule has 1 atom stereocenters. The van der Waals surface area contributed by atoms with Crippen LogP contribution < -0.4 is 11.1 Å². The minimum atomic E-state index is 0.635. The van der Waals surface area contributed by atoms with Crippen molar-refractivity contribution in [2.45, 2.75) is 33.6 Å². The minimum absolute atomic E-state index is 0.635. The number of nitrogens with zero attached hydrogens (tertiary/aromatic N) is 1. The van der Waals surface area contributed by atoms with E-state index in [0.29, 0.717) is 12.5 Å². The third-order valence-corrected chi connectivity index (χ3v) is 5.71. The molecule has 3 rings (SSSR count). The van der Waals surface area contributed by atoms with Crippen LogP contribution in [-0.4, -0.2) is 18.1 Å². The lowest BCUT2D eigenvalue weighted by Gasteiger charge is -2.16. The van der Waals surface area contributed by atoms with Crippen LogP contribution >= 0.6 is 11.3 Å². The maximum absolute atomic E-state index is 5.75. The number of thiophene rings is 1. The highest BCUT2D eigenvalue weighted by Gasteiger charge is 2.14. The van der Waals surface area contributed by atoms with E-state index in [4.69, 9.17) is 10.7 Å². The molecule has 3 nitrogen and oxygen atoms in total. The van der Waals surface area contributed by atoms with Gasteiger partial charge in [-0.2, -0.15) is 0 Å². The summed E-state index contributed by atoms with van der Waals surface area (Å²) < 4.78 is 1.26. The minimum Gasteiger partial charge on any atom is -0.380 e. The smallest absolute Gasteiger partial charge is 0.0865 e. The summed E-state index contributed by atoms with van der Waals surface area (Å²) in [5.41, 5.74) is 11.9. The van der Waals surface area contributed by atoms with Crippen LogP contribution in [-0.2, 0) is 6.42 Å². The van der Waals surface area contributed by atoms with Crippen LogP contribution in [0.2, 0.25) is 0 Å². The van der Waals surface area contributed by atoms with Gasteiger partial charge in [0.05, 0.1) is 15.9 Å². The van der Waals surface area contributed by atoms with Gasteiger partial charge in [0.15, 0.2) is 0 Å². The van der Waals surface area contributed by atoms with Crippen LogP contribution in [0.3, 0.4) is 0 Å². The fourth-order valence-electron chi connectivity index (χ4n) is 3.12. The van der Waals surface area contributed by atoms with Crippen molar-refractivity contribution in [2.24, 2.45) is 11.7 Å². The van der Waals surface area contributed by atoms with Gasteiger partial charge in [0, 0.05) is 17.1 Å². The van der Waals surface area contributed by atoms with Crippen LogP contribution in [0, 0.1) is 19.8 Å². The first-order valence-corrected chi connectivity index (χ1v) is 9.10. The zero-order chi connectivity index (χ0) is 16.4. The summed E-state index contributed by atoms with van der Waals surface area (Å²) in [6, 6.07) is 2.16. The number of nitrogens with two attached hydrogens (primary N) is 1. The number of fused-ring (bicyclic) bond motifs is 1. The highest BCUT2D eigenvalue weighted by molar-refractivity contribution is 7.19. The fraction of sp³-hybridized carbons (Fsp3) is 0.421. The average molecular weight is 327 g/mol. The van der Waals surface area contributed by atoms with Crippen molar-refractivity contribution < 1.29 is 0 Å². The molecular weight excluding hydrogens is 302 g/mol. The number of rotatable bonds is 5. The second-order valence-electron chi connectivity index (χ2n) is 6.42. The molecule has 0 amide bonds. The average Bonchev–Trinajstić information content (AvgIpc) is 2.82. The van der Waals surface area contributed by atoms with Gasteiger partial charge in [0.1, 0.15) is 0 Å². The van der Waals surface area contributed by atoms with Crippen molar-refractivity contribution in [3.63, 3.8) is 0 Å². The Balaban J connectivity index is 1.89. The van der Waals surface area contributed by atoms with E-state index in [-0.39, 0.29) is 0 Å². The van der Waals surface area contributed by atoms with Crippen LogP contribution in [0.25, 0.3) is 10.2 Å². The molecule has 0 fully saturated rings. The molecule has 1 aliphatic carbocycles. The second-order valence-corrected chi connectivity index (χ2v) is 7.53. The lowest BCUT2D eigenvalue weighted by Crippen LogP contribution is -2.09. The predicted molar refractivity (Wildman–Crippen MR) is 101 cm³/mol. The third kappa shape index (κ3) is 3.48. The van der Waals surface area contributed by atoms with Gasteiger partial charge < -0.3 is 11.1 Å². The van der Waals surface area contributed by atoms with Crippen molar-refractivity contribution in [1.82, 2.24) is 4.98 Å². The molecule has 0 aliphatic heterocycles. The Bertz CT molecular complexity index is 771. The molecule has 23 heavy (non-hydrogen) atoms. The molecule has 0 spiro atoms. The Labute approximate surface area is 142 Å². The molecule has 0 saturated carbocycles. The number of nitrogens with one attached hydrogen (secondary N) is 1. The van der Waals surface area contributed by atoms with Crippen LogP contribution in [0.1, 0.15) is 29.5 Å². The van der Waals surface area contributed by atoms with Gasteiger partial charge in [0.25, 0.3) is 0 Å². The number of anilines is 1. The Kier molecular flexibility index (Phi) is 4.83. The summed E-state index contributed by atoms with van der Waals surface area (Å²) in [6.07, 6.45) is 8.74. The van der Waals surface area contributed by atoms with Gasteiger partial charge in [-0.1, -0.05) is 30.7 Å². The zero-order valence-electron chi connectivity index (χ0n) is 14.1. The van der Waals surface area contributed by atoms with E-state index >= 15 is 0 Å². The van der Waals surface area contributed by atoms with E-state index in [1.807, 2.05) is 11.3 Å². The first-order valence-electron chi connectivity index (χ1n) is 8.28. The van der Waals surface area contributed by atoms with Crippen molar-refractivity contribution in [3.8, 4) is 0 Å². The van der Waals surface area contributed by atoms with E-state index in [0.717, 1.165) is 30.6 Å². The van der Waals surface area contributed by atoms with Gasteiger partial charge in [-0.3, -0.25) is 4.98 Å². The van der Waals surface area contributed by atoms with Crippen molar-refractivity contribution in [2.75, 3.05) is 18.4 Å². The van der Waals surface area contributed by atoms with Gasteiger partial charge in [-0.05, 0) is 50.8 Å². The van der Waals surface area contributed by atoms with Gasteiger partial charge in [0.2, 0.25) is 0 Å². The van der Waals surface area contributed by atoms with Crippen LogP contribution in [0.4, 0.5) is 5.69 Å². The Morgan fingerprint density at radius 3 is 2.96 bits per heavy atom. The van der Waals surface area contributed by atoms with Gasteiger partial charge >= 0.3 is 0 Å². The fourth-order valence-corrected chi connectivity index (χ4v) is 4.37. The molecule has 0 aromatic carbocycles. The number of hydrogen-bond donors (Lipinski definition) is 2. The summed E-state index contributed by atoms with van der Waals surface area (Å²) in [4.78, 5) is 6.11. The van der Waals surface area contributed by atoms with Crippen molar-refractivity contribution in [3.05, 3.63) is 46.0 Å². The molecule has 1 aliphatic rings. The van der Waals surface area contributed by atoms with E-state index in [1.165, 1.54) is 26.4 Å². The number of pyridine rings is 1. The summed E-state index contributed by atoms with van der Waals surface area (Å²) in [7, 11) is 0. The summed E-state index contributed by atoms with van der Waals surface area (Å²) in [6.45, 7) is 8.08. The molecule has 3 N–H and O–H groups in total. The molecule has 1 unspecified atom stereocenters. The largest absolute Gasteiger partial charge is 0.380 e. The maximum Gasteiger partial charge on any atom is 0.0865 e. The van der Waals surface area contributed by atoms with Crippen LogP contribution in [0.15, 0.2) is 29.9 Å². The van der Waals surface area contributed by atoms with E-state index < -0.39 is 0 Å². The molecule has 0 radical (unpaired) electrons. The number of aryl methyl sites for hydroxylation is 2. The Morgan fingerprint density at radius 1 is 1.39 bits per heavy atom. The van der Waals surface area contributed by atoms with Crippen molar-refractivity contribution >= 4 is 27.2 Å². The lowest BCUT2D eigenvalue weighted by atomic mass is 9.96. The Hall–Kier alpha value is -1.65. The highest BCUT2D eigenvalue weighted by Crippen LogP contribution is 2.35. The zero-order valence-corrected chi connectivity index (χ0v) is 15.0. The van der Waals surface area contributed by atoms with E-state index in [9.17, 15) is 0 Å². The quantitative estimate of drug-likeness (QED) is 0.858. The topological polar surface area (TPSA) is 50.9 Å². The molecule has 2 heterocycles.